The van der Waals surface area contributed by atoms with Crippen LogP contribution in [-0.2, 0) is 0 Å². The second-order valence-corrected chi connectivity index (χ2v) is 5.53. The normalized spacial score (nSPS) is 11.9. The average molecular weight is 343 g/mol. The van der Waals surface area contributed by atoms with E-state index in [2.05, 4.69) is 10.3 Å². The minimum absolute atomic E-state index is 0.0397. The lowest BCUT2D eigenvalue weighted by molar-refractivity contribution is 0.0887. The van der Waals surface area contributed by atoms with Crippen LogP contribution in [0, 0.1) is 0 Å². The van der Waals surface area contributed by atoms with Crippen molar-refractivity contribution in [2.24, 2.45) is 0 Å². The molecule has 0 aliphatic rings. The van der Waals surface area contributed by atoms with Gasteiger partial charge in [-0.25, -0.2) is 0 Å². The highest BCUT2D eigenvalue weighted by atomic mass is 35.5. The zero-order valence-electron chi connectivity index (χ0n) is 12.6. The van der Waals surface area contributed by atoms with E-state index in [1.54, 1.807) is 42.6 Å². The number of carbonyl (C=O) groups is 1. The number of nitrogens with one attached hydrogen (secondary N) is 1. The predicted octanol–water partition coefficient (Wildman–Crippen LogP) is 3.46. The highest BCUT2D eigenvalue weighted by Crippen LogP contribution is 2.29. The first-order chi connectivity index (χ1) is 11.6. The lowest BCUT2D eigenvalue weighted by Crippen LogP contribution is -2.28. The molecule has 122 valence electrons. The Morgan fingerprint density at radius 1 is 1.17 bits per heavy atom. The monoisotopic (exact) mass is 342 g/mol. The summed E-state index contributed by atoms with van der Waals surface area (Å²) in [5.74, 6) is 0.248. The number of halogens is 1. The summed E-state index contributed by atoms with van der Waals surface area (Å²) in [6, 6.07) is 15.7. The van der Waals surface area contributed by atoms with E-state index in [1.807, 2.05) is 18.2 Å². The Morgan fingerprint density at radius 2 is 1.96 bits per heavy atom. The number of carbonyl (C=O) groups excluding carboxylic acids is 1. The molecule has 0 aliphatic carbocycles. The summed E-state index contributed by atoms with van der Waals surface area (Å²) >= 11 is 6.12. The van der Waals surface area contributed by atoms with E-state index in [1.165, 1.54) is 0 Å². The van der Waals surface area contributed by atoms with Crippen LogP contribution in [0.2, 0.25) is 5.02 Å². The van der Waals surface area contributed by atoms with Crippen molar-refractivity contribution in [2.75, 3.05) is 6.54 Å². The van der Waals surface area contributed by atoms with Gasteiger partial charge in [0.1, 0.15) is 11.9 Å². The van der Waals surface area contributed by atoms with Crippen LogP contribution < -0.4 is 5.32 Å². The summed E-state index contributed by atoms with van der Waals surface area (Å²) in [7, 11) is 0. The molecule has 0 radical (unpaired) electrons. The molecule has 1 atom stereocenters. The van der Waals surface area contributed by atoms with Gasteiger partial charge in [0, 0.05) is 18.3 Å². The van der Waals surface area contributed by atoms with Gasteiger partial charge >= 0.3 is 0 Å². The smallest absolute Gasteiger partial charge is 0.287 e. The number of furan rings is 1. The van der Waals surface area contributed by atoms with Crippen LogP contribution in [0.1, 0.15) is 22.4 Å². The van der Waals surface area contributed by atoms with Crippen molar-refractivity contribution in [2.45, 2.75) is 6.10 Å². The SMILES string of the molecule is O=C(NC[C@H](O)c1ccccn1)c1ccc(-c2ccccc2Cl)o1. The van der Waals surface area contributed by atoms with Gasteiger partial charge in [-0.3, -0.25) is 9.78 Å². The Balaban J connectivity index is 1.65. The Morgan fingerprint density at radius 3 is 2.71 bits per heavy atom. The molecule has 0 unspecified atom stereocenters. The summed E-state index contributed by atoms with van der Waals surface area (Å²) in [4.78, 5) is 16.2. The van der Waals surface area contributed by atoms with Gasteiger partial charge < -0.3 is 14.8 Å². The molecule has 0 fully saturated rings. The summed E-state index contributed by atoms with van der Waals surface area (Å²) in [5.41, 5.74) is 1.21. The first-order valence-corrected chi connectivity index (χ1v) is 7.75. The molecule has 3 rings (SSSR count). The molecule has 2 aromatic heterocycles. The fourth-order valence-electron chi connectivity index (χ4n) is 2.22. The third-order valence-electron chi connectivity index (χ3n) is 3.45. The quantitative estimate of drug-likeness (QED) is 0.744. The Hall–Kier alpha value is -2.63. The molecule has 2 N–H and O–H groups in total. The van der Waals surface area contributed by atoms with E-state index in [9.17, 15) is 9.90 Å². The number of hydrogen-bond acceptors (Lipinski definition) is 4. The van der Waals surface area contributed by atoms with E-state index in [-0.39, 0.29) is 12.3 Å². The molecule has 6 heteroatoms. The van der Waals surface area contributed by atoms with Crippen molar-refractivity contribution >= 4 is 17.5 Å². The largest absolute Gasteiger partial charge is 0.451 e. The summed E-state index contributed by atoms with van der Waals surface area (Å²) in [5, 5.41) is 13.2. The molecule has 1 aromatic carbocycles. The van der Waals surface area contributed by atoms with Crippen LogP contribution in [0.3, 0.4) is 0 Å². The molecule has 0 saturated carbocycles. The van der Waals surface area contributed by atoms with Crippen molar-refractivity contribution in [3.05, 3.63) is 77.3 Å². The minimum Gasteiger partial charge on any atom is -0.451 e. The maximum atomic E-state index is 12.1. The van der Waals surface area contributed by atoms with Crippen molar-refractivity contribution in [3.8, 4) is 11.3 Å². The second-order valence-electron chi connectivity index (χ2n) is 5.12. The van der Waals surface area contributed by atoms with Gasteiger partial charge in [-0.2, -0.15) is 0 Å². The molecule has 0 spiro atoms. The Labute approximate surface area is 143 Å². The third-order valence-corrected chi connectivity index (χ3v) is 3.78. The van der Waals surface area contributed by atoms with Crippen LogP contribution in [0.4, 0.5) is 0 Å². The van der Waals surface area contributed by atoms with Crippen molar-refractivity contribution in [1.82, 2.24) is 10.3 Å². The van der Waals surface area contributed by atoms with Crippen LogP contribution in [-0.4, -0.2) is 22.5 Å². The van der Waals surface area contributed by atoms with Crippen LogP contribution in [0.5, 0.6) is 0 Å². The van der Waals surface area contributed by atoms with Gasteiger partial charge in [-0.05, 0) is 36.4 Å². The van der Waals surface area contributed by atoms with Crippen LogP contribution in [0.25, 0.3) is 11.3 Å². The van der Waals surface area contributed by atoms with Crippen molar-refractivity contribution < 1.29 is 14.3 Å². The lowest BCUT2D eigenvalue weighted by Gasteiger charge is -2.10. The standard InChI is InChI=1S/C18H15ClN2O3/c19-13-6-2-1-5-12(13)16-8-9-17(24-16)18(23)21-11-15(22)14-7-3-4-10-20-14/h1-10,15,22H,11H2,(H,21,23)/t15-/m0/s1. The van der Waals surface area contributed by atoms with Crippen LogP contribution in [0.15, 0.2) is 65.2 Å². The summed E-state index contributed by atoms with van der Waals surface area (Å²) in [6.07, 6.45) is 0.705. The van der Waals surface area contributed by atoms with Gasteiger partial charge in [-0.1, -0.05) is 29.8 Å². The zero-order valence-corrected chi connectivity index (χ0v) is 13.4. The number of rotatable bonds is 5. The van der Waals surface area contributed by atoms with Crippen molar-refractivity contribution in [3.63, 3.8) is 0 Å². The highest BCUT2D eigenvalue weighted by molar-refractivity contribution is 6.33. The molecule has 0 aliphatic heterocycles. The maximum Gasteiger partial charge on any atom is 0.287 e. The maximum absolute atomic E-state index is 12.1. The Bertz CT molecular complexity index is 833. The molecule has 2 heterocycles. The Kier molecular flexibility index (Phi) is 4.93. The average Bonchev–Trinajstić information content (AvgIpc) is 3.10. The number of aliphatic hydroxyl groups is 1. The number of nitrogens with zero attached hydrogens (tertiary/aromatic N) is 1. The van der Waals surface area contributed by atoms with Gasteiger partial charge in [-0.15, -0.1) is 0 Å². The molecule has 0 saturated heterocycles. The zero-order chi connectivity index (χ0) is 16.9. The van der Waals surface area contributed by atoms with Crippen LogP contribution >= 0.6 is 11.6 Å². The third kappa shape index (κ3) is 3.64. The van der Waals surface area contributed by atoms with Gasteiger partial charge in [0.2, 0.25) is 0 Å². The number of aliphatic hydroxyl groups excluding tert-OH is 1. The fraction of sp³-hybridized carbons (Fsp3) is 0.111. The molecule has 5 nitrogen and oxygen atoms in total. The van der Waals surface area contributed by atoms with E-state index in [0.717, 1.165) is 0 Å². The molecule has 0 bridgehead atoms. The number of hydrogen-bond donors (Lipinski definition) is 2. The number of pyridine rings is 1. The number of aromatic nitrogens is 1. The predicted molar refractivity (Wildman–Crippen MR) is 90.7 cm³/mol. The topological polar surface area (TPSA) is 75.4 Å². The first kappa shape index (κ1) is 16.2. The highest BCUT2D eigenvalue weighted by Gasteiger charge is 2.16. The van der Waals surface area contributed by atoms with E-state index in [4.69, 9.17) is 16.0 Å². The van der Waals surface area contributed by atoms with Gasteiger partial charge in [0.15, 0.2) is 5.76 Å². The van der Waals surface area contributed by atoms with E-state index < -0.39 is 12.0 Å². The number of amides is 1. The molecule has 24 heavy (non-hydrogen) atoms. The van der Waals surface area contributed by atoms with Crippen molar-refractivity contribution in [1.29, 1.82) is 0 Å². The molecule has 3 aromatic rings. The molecule has 1 amide bonds. The lowest BCUT2D eigenvalue weighted by atomic mass is 10.2. The minimum atomic E-state index is -0.881. The van der Waals surface area contributed by atoms with Gasteiger partial charge in [0.05, 0.1) is 10.7 Å². The van der Waals surface area contributed by atoms with Gasteiger partial charge in [0.25, 0.3) is 5.91 Å². The van der Waals surface area contributed by atoms with E-state index >= 15 is 0 Å². The molecular weight excluding hydrogens is 328 g/mol. The molecular formula is C18H15ClN2O3. The first-order valence-electron chi connectivity index (χ1n) is 7.37. The fourth-order valence-corrected chi connectivity index (χ4v) is 2.45. The number of benzene rings is 1. The summed E-state index contributed by atoms with van der Waals surface area (Å²) < 4.78 is 5.56. The van der Waals surface area contributed by atoms with E-state index in [0.29, 0.717) is 22.0 Å². The summed E-state index contributed by atoms with van der Waals surface area (Å²) in [6.45, 7) is 0.0397. The second kappa shape index (κ2) is 7.29.